The minimum Gasteiger partial charge on any atom is -0.416 e. The number of ether oxygens (including phenoxy) is 2. The number of carbonyl (C=O) groups is 2. The molecule has 2 aromatic carbocycles. The molecule has 1 fully saturated rings. The molecule has 2 aliphatic heterocycles. The van der Waals surface area contributed by atoms with E-state index in [1.165, 1.54) is 0 Å². The molecule has 2 heterocycles. The molecule has 29 heavy (non-hydrogen) atoms. The smallest absolute Gasteiger partial charge is 0.309 e. The van der Waals surface area contributed by atoms with Crippen molar-refractivity contribution in [3.63, 3.8) is 0 Å². The second kappa shape index (κ2) is 8.05. The van der Waals surface area contributed by atoms with Crippen LogP contribution in [0.25, 0.3) is 0 Å². The highest BCUT2D eigenvalue weighted by Crippen LogP contribution is 2.41. The largest absolute Gasteiger partial charge is 0.416 e. The predicted octanol–water partition coefficient (Wildman–Crippen LogP) is 3.69. The molecule has 0 aromatic heterocycles. The third kappa shape index (κ3) is 3.95. The highest BCUT2D eigenvalue weighted by molar-refractivity contribution is 6.33. The van der Waals surface area contributed by atoms with Gasteiger partial charge in [0.15, 0.2) is 0 Å². The summed E-state index contributed by atoms with van der Waals surface area (Å²) < 4.78 is 11.4. The van der Waals surface area contributed by atoms with Crippen LogP contribution in [0.2, 0.25) is 5.02 Å². The molecule has 1 atom stereocenters. The van der Waals surface area contributed by atoms with Crippen LogP contribution in [0.4, 0.5) is 5.69 Å². The zero-order valence-electron chi connectivity index (χ0n) is 16.2. The van der Waals surface area contributed by atoms with Crippen LogP contribution in [0, 0.1) is 0 Å². The van der Waals surface area contributed by atoms with Gasteiger partial charge in [-0.2, -0.15) is 0 Å². The summed E-state index contributed by atoms with van der Waals surface area (Å²) in [6.45, 7) is 2.90. The van der Waals surface area contributed by atoms with E-state index in [9.17, 15) is 9.59 Å². The molecular formula is C22H23ClN2O4. The first-order valence-corrected chi connectivity index (χ1v) is 10.1. The molecule has 0 unspecified atom stereocenters. The maximum Gasteiger partial charge on any atom is 0.309 e. The molecular weight excluding hydrogens is 392 g/mol. The Kier molecular flexibility index (Phi) is 5.48. The van der Waals surface area contributed by atoms with E-state index in [1.54, 1.807) is 12.1 Å². The summed E-state index contributed by atoms with van der Waals surface area (Å²) in [6.07, 6.45) is 0.676. The normalized spacial score (nSPS) is 19.4. The van der Waals surface area contributed by atoms with Crippen LogP contribution in [-0.4, -0.2) is 25.0 Å². The van der Waals surface area contributed by atoms with Crippen molar-refractivity contribution in [3.8, 4) is 0 Å². The first-order chi connectivity index (χ1) is 14.0. The third-order valence-corrected chi connectivity index (χ3v) is 5.65. The van der Waals surface area contributed by atoms with Gasteiger partial charge in [-0.15, -0.1) is 0 Å². The van der Waals surface area contributed by atoms with Gasteiger partial charge < -0.3 is 20.1 Å². The van der Waals surface area contributed by atoms with E-state index in [0.717, 1.165) is 16.8 Å². The number of esters is 2. The first-order valence-electron chi connectivity index (χ1n) is 9.76. The van der Waals surface area contributed by atoms with Crippen LogP contribution < -0.4 is 10.6 Å². The Morgan fingerprint density at radius 3 is 2.41 bits per heavy atom. The average molecular weight is 415 g/mol. The van der Waals surface area contributed by atoms with E-state index in [4.69, 9.17) is 21.1 Å². The molecule has 4 rings (SSSR count). The van der Waals surface area contributed by atoms with Gasteiger partial charge in [-0.1, -0.05) is 41.9 Å². The summed E-state index contributed by atoms with van der Waals surface area (Å²) in [5, 5.41) is 7.30. The standard InChI is InChI=1S/C22H23ClN2O4/c1-14(15-5-3-2-4-6-15)25-21-16-11-12-24-13-22(17(16)7-8-18(21)23)28-19(26)9-10-20(27)29-22/h2-8,14,24-25H,9-13H2,1H3/t14-/m0/s1. The summed E-state index contributed by atoms with van der Waals surface area (Å²) in [7, 11) is 0. The predicted molar refractivity (Wildman–Crippen MR) is 110 cm³/mol. The number of nitrogens with one attached hydrogen (secondary N) is 2. The lowest BCUT2D eigenvalue weighted by atomic mass is 9.95. The Labute approximate surface area is 174 Å². The summed E-state index contributed by atoms with van der Waals surface area (Å²) in [5.74, 6) is -2.38. The number of fused-ring (bicyclic) bond motifs is 2. The van der Waals surface area contributed by atoms with E-state index in [0.29, 0.717) is 23.6 Å². The minimum atomic E-state index is -1.48. The van der Waals surface area contributed by atoms with Crippen molar-refractivity contribution in [2.45, 2.75) is 38.0 Å². The van der Waals surface area contributed by atoms with E-state index < -0.39 is 17.7 Å². The van der Waals surface area contributed by atoms with Crippen molar-refractivity contribution >= 4 is 29.2 Å². The Morgan fingerprint density at radius 1 is 1.03 bits per heavy atom. The Hall–Kier alpha value is -2.57. The van der Waals surface area contributed by atoms with Gasteiger partial charge in [0.1, 0.15) is 0 Å². The quantitative estimate of drug-likeness (QED) is 0.746. The molecule has 0 aliphatic carbocycles. The van der Waals surface area contributed by atoms with Crippen LogP contribution in [0.5, 0.6) is 0 Å². The van der Waals surface area contributed by atoms with Crippen LogP contribution in [0.15, 0.2) is 42.5 Å². The molecule has 2 aliphatic rings. The topological polar surface area (TPSA) is 76.7 Å². The number of anilines is 1. The lowest BCUT2D eigenvalue weighted by molar-refractivity contribution is -0.225. The van der Waals surface area contributed by atoms with Gasteiger partial charge in [0.2, 0.25) is 0 Å². The van der Waals surface area contributed by atoms with Gasteiger partial charge in [-0.05, 0) is 43.1 Å². The second-order valence-electron chi connectivity index (χ2n) is 7.35. The fourth-order valence-electron chi connectivity index (χ4n) is 3.87. The fraction of sp³-hybridized carbons (Fsp3) is 0.364. The van der Waals surface area contributed by atoms with Gasteiger partial charge in [0.25, 0.3) is 5.79 Å². The minimum absolute atomic E-state index is 0.00611. The van der Waals surface area contributed by atoms with E-state index >= 15 is 0 Å². The molecule has 6 nitrogen and oxygen atoms in total. The SMILES string of the molecule is C[C@H](Nc1c(Cl)ccc2c1CCNCC21OC(=O)CCC(=O)O1)c1ccccc1. The molecule has 152 valence electrons. The lowest BCUT2D eigenvalue weighted by Crippen LogP contribution is -2.43. The number of halogens is 1. The molecule has 0 bridgehead atoms. The molecule has 0 saturated carbocycles. The van der Waals surface area contributed by atoms with E-state index in [-0.39, 0.29) is 25.4 Å². The van der Waals surface area contributed by atoms with Crippen molar-refractivity contribution in [3.05, 3.63) is 64.2 Å². The maximum absolute atomic E-state index is 12.2. The van der Waals surface area contributed by atoms with Gasteiger partial charge in [0, 0.05) is 11.6 Å². The van der Waals surface area contributed by atoms with E-state index in [2.05, 4.69) is 17.6 Å². The zero-order chi connectivity index (χ0) is 20.4. The summed E-state index contributed by atoms with van der Waals surface area (Å²) >= 11 is 6.56. The van der Waals surface area contributed by atoms with Crippen LogP contribution in [-0.2, 0) is 31.3 Å². The summed E-state index contributed by atoms with van der Waals surface area (Å²) in [4.78, 5) is 24.4. The monoisotopic (exact) mass is 414 g/mol. The van der Waals surface area contributed by atoms with Gasteiger partial charge in [-0.3, -0.25) is 9.59 Å². The van der Waals surface area contributed by atoms with Crippen molar-refractivity contribution < 1.29 is 19.1 Å². The third-order valence-electron chi connectivity index (χ3n) is 5.33. The molecule has 1 saturated heterocycles. The molecule has 1 spiro atoms. The fourth-order valence-corrected chi connectivity index (χ4v) is 4.10. The number of rotatable bonds is 3. The molecule has 0 amide bonds. The first kappa shape index (κ1) is 19.7. The lowest BCUT2D eigenvalue weighted by Gasteiger charge is -2.32. The maximum atomic E-state index is 12.2. The Morgan fingerprint density at radius 2 is 1.72 bits per heavy atom. The molecule has 0 radical (unpaired) electrons. The van der Waals surface area contributed by atoms with Crippen molar-refractivity contribution in [1.82, 2.24) is 5.32 Å². The van der Waals surface area contributed by atoms with Gasteiger partial charge in [-0.25, -0.2) is 0 Å². The van der Waals surface area contributed by atoms with Crippen LogP contribution >= 0.6 is 11.6 Å². The zero-order valence-corrected chi connectivity index (χ0v) is 16.9. The number of carbonyl (C=O) groups excluding carboxylic acids is 2. The Bertz CT molecular complexity index is 914. The van der Waals surface area contributed by atoms with Gasteiger partial charge in [0.05, 0.1) is 30.1 Å². The Balaban J connectivity index is 1.78. The summed E-state index contributed by atoms with van der Waals surface area (Å²) in [6, 6.07) is 13.6. The van der Waals surface area contributed by atoms with Crippen molar-refractivity contribution in [2.75, 3.05) is 18.4 Å². The van der Waals surface area contributed by atoms with Gasteiger partial charge >= 0.3 is 11.9 Å². The van der Waals surface area contributed by atoms with Crippen LogP contribution in [0.1, 0.15) is 42.5 Å². The molecule has 7 heteroatoms. The van der Waals surface area contributed by atoms with E-state index in [1.807, 2.05) is 30.3 Å². The average Bonchev–Trinajstić information content (AvgIpc) is 2.97. The highest BCUT2D eigenvalue weighted by atomic mass is 35.5. The molecule has 2 N–H and O–H groups in total. The number of hydrogen-bond acceptors (Lipinski definition) is 6. The number of benzene rings is 2. The van der Waals surface area contributed by atoms with Crippen LogP contribution in [0.3, 0.4) is 0 Å². The van der Waals surface area contributed by atoms with Crippen molar-refractivity contribution in [2.24, 2.45) is 0 Å². The molecule has 2 aromatic rings. The number of hydrogen-bond donors (Lipinski definition) is 2. The second-order valence-corrected chi connectivity index (χ2v) is 7.76. The highest BCUT2D eigenvalue weighted by Gasteiger charge is 2.46. The summed E-state index contributed by atoms with van der Waals surface area (Å²) in [5.41, 5.74) is 3.42. The van der Waals surface area contributed by atoms with Crippen molar-refractivity contribution in [1.29, 1.82) is 0 Å².